The Morgan fingerprint density at radius 2 is 1.95 bits per heavy atom. The van der Waals surface area contributed by atoms with E-state index in [1.54, 1.807) is 0 Å². The molecule has 0 saturated heterocycles. The minimum atomic E-state index is -4.43. The smallest absolute Gasteiger partial charge is 0.397 e. The van der Waals surface area contributed by atoms with Crippen LogP contribution < -0.4 is 11.1 Å². The van der Waals surface area contributed by atoms with Gasteiger partial charge < -0.3 is 11.1 Å². The topological polar surface area (TPSA) is 55.1 Å². The highest BCUT2D eigenvalue weighted by Crippen LogP contribution is 2.33. The molecule has 1 aliphatic rings. The van der Waals surface area contributed by atoms with Crippen LogP contribution in [0.15, 0.2) is 18.2 Å². The number of nitrogen functional groups attached to an aromatic ring is 1. The Morgan fingerprint density at radius 3 is 2.50 bits per heavy atom. The van der Waals surface area contributed by atoms with Crippen molar-refractivity contribution in [3.63, 3.8) is 0 Å². The van der Waals surface area contributed by atoms with E-state index >= 15 is 0 Å². The lowest BCUT2D eigenvalue weighted by Gasteiger charge is -2.13. The summed E-state index contributed by atoms with van der Waals surface area (Å²) in [5, 5.41) is 2.58. The second-order valence-corrected chi connectivity index (χ2v) is 5.20. The van der Waals surface area contributed by atoms with Gasteiger partial charge in [-0.15, -0.1) is 0 Å². The molecule has 1 aromatic rings. The van der Waals surface area contributed by atoms with Crippen molar-refractivity contribution in [3.8, 4) is 0 Å². The molecule has 3 N–H and O–H groups in total. The third-order valence-corrected chi connectivity index (χ3v) is 3.60. The number of halogens is 3. The molecule has 1 fully saturated rings. The quantitative estimate of drug-likeness (QED) is 0.830. The van der Waals surface area contributed by atoms with E-state index in [4.69, 9.17) is 5.73 Å². The van der Waals surface area contributed by atoms with Crippen molar-refractivity contribution < 1.29 is 18.0 Å². The van der Waals surface area contributed by atoms with E-state index in [1.165, 1.54) is 6.07 Å². The summed E-state index contributed by atoms with van der Waals surface area (Å²) in [6.45, 7) is 0. The number of hydrogen-bond acceptors (Lipinski definition) is 2. The van der Waals surface area contributed by atoms with Crippen LogP contribution in [0.25, 0.3) is 0 Å². The molecule has 1 amide bonds. The molecule has 2 rings (SSSR count). The van der Waals surface area contributed by atoms with Crippen LogP contribution in [0.1, 0.15) is 37.7 Å². The van der Waals surface area contributed by atoms with Gasteiger partial charge >= 0.3 is 6.18 Å². The Labute approximate surface area is 115 Å². The largest absolute Gasteiger partial charge is 0.416 e. The van der Waals surface area contributed by atoms with Gasteiger partial charge in [-0.05, 0) is 37.0 Å². The lowest BCUT2D eigenvalue weighted by atomic mass is 10.0. The number of benzene rings is 1. The lowest BCUT2D eigenvalue weighted by Crippen LogP contribution is -2.16. The van der Waals surface area contributed by atoms with Crippen molar-refractivity contribution in [2.24, 2.45) is 5.92 Å². The van der Waals surface area contributed by atoms with Crippen LogP contribution in [0.3, 0.4) is 0 Å². The molecule has 20 heavy (non-hydrogen) atoms. The van der Waals surface area contributed by atoms with E-state index in [2.05, 4.69) is 5.32 Å². The van der Waals surface area contributed by atoms with Gasteiger partial charge in [-0.2, -0.15) is 13.2 Å². The van der Waals surface area contributed by atoms with Gasteiger partial charge in [0, 0.05) is 6.42 Å². The Balaban J connectivity index is 2.00. The molecule has 1 saturated carbocycles. The van der Waals surface area contributed by atoms with Gasteiger partial charge in [-0.25, -0.2) is 0 Å². The molecule has 0 aromatic heterocycles. The molecular weight excluding hydrogens is 269 g/mol. The fourth-order valence-corrected chi connectivity index (χ4v) is 2.53. The Bertz CT molecular complexity index is 494. The highest BCUT2D eigenvalue weighted by molar-refractivity contribution is 5.94. The first-order chi connectivity index (χ1) is 9.36. The summed E-state index contributed by atoms with van der Waals surface area (Å²) < 4.78 is 37.5. The van der Waals surface area contributed by atoms with Gasteiger partial charge in [-0.3, -0.25) is 4.79 Å². The predicted molar refractivity (Wildman–Crippen MR) is 71.1 cm³/mol. The second kappa shape index (κ2) is 5.73. The van der Waals surface area contributed by atoms with Crippen molar-refractivity contribution in [2.45, 2.75) is 38.3 Å². The molecule has 0 atom stereocenters. The van der Waals surface area contributed by atoms with Gasteiger partial charge in [0.25, 0.3) is 0 Å². The van der Waals surface area contributed by atoms with Crippen LogP contribution in [0.4, 0.5) is 24.5 Å². The highest BCUT2D eigenvalue weighted by Gasteiger charge is 2.31. The summed E-state index contributed by atoms with van der Waals surface area (Å²) in [6, 6.07) is 2.96. The second-order valence-electron chi connectivity index (χ2n) is 5.20. The van der Waals surface area contributed by atoms with E-state index < -0.39 is 11.7 Å². The first-order valence-electron chi connectivity index (χ1n) is 6.63. The average Bonchev–Trinajstić information content (AvgIpc) is 2.83. The van der Waals surface area contributed by atoms with Crippen LogP contribution in [0, 0.1) is 5.92 Å². The van der Waals surface area contributed by atoms with Gasteiger partial charge in [0.15, 0.2) is 0 Å². The zero-order chi connectivity index (χ0) is 14.8. The van der Waals surface area contributed by atoms with Crippen LogP contribution in [-0.4, -0.2) is 5.91 Å². The van der Waals surface area contributed by atoms with Crippen LogP contribution in [0.2, 0.25) is 0 Å². The van der Waals surface area contributed by atoms with Gasteiger partial charge in [0.2, 0.25) is 5.91 Å². The summed E-state index contributed by atoms with van der Waals surface area (Å²) in [4.78, 5) is 11.8. The molecule has 3 nitrogen and oxygen atoms in total. The summed E-state index contributed by atoms with van der Waals surface area (Å²) in [7, 11) is 0. The number of rotatable bonds is 3. The maximum atomic E-state index is 12.5. The van der Waals surface area contributed by atoms with Crippen LogP contribution in [0.5, 0.6) is 0 Å². The SMILES string of the molecule is Nc1cc(C(F)(F)F)ccc1NC(=O)CC1CCCC1. The number of nitrogens with two attached hydrogens (primary N) is 1. The number of carbonyl (C=O) groups is 1. The number of hydrogen-bond donors (Lipinski definition) is 2. The maximum absolute atomic E-state index is 12.5. The molecule has 110 valence electrons. The predicted octanol–water partition coefficient (Wildman–Crippen LogP) is 3.81. The standard InChI is InChI=1S/C14H17F3N2O/c15-14(16,17)10-5-6-12(11(18)8-10)19-13(20)7-9-3-1-2-4-9/h5-6,8-9H,1-4,7,18H2,(H,19,20). The van der Waals surface area contributed by atoms with Crippen molar-refractivity contribution in [1.29, 1.82) is 0 Å². The number of alkyl halides is 3. The minimum Gasteiger partial charge on any atom is -0.397 e. The zero-order valence-corrected chi connectivity index (χ0v) is 11.0. The van der Waals surface area contributed by atoms with E-state index in [1.807, 2.05) is 0 Å². The molecule has 0 spiro atoms. The molecule has 1 aromatic carbocycles. The third-order valence-electron chi connectivity index (χ3n) is 3.60. The molecule has 1 aliphatic carbocycles. The molecule has 0 radical (unpaired) electrons. The molecule has 0 unspecified atom stereocenters. The fourth-order valence-electron chi connectivity index (χ4n) is 2.53. The Morgan fingerprint density at radius 1 is 1.30 bits per heavy atom. The zero-order valence-electron chi connectivity index (χ0n) is 11.0. The normalized spacial score (nSPS) is 16.4. The number of anilines is 2. The van der Waals surface area contributed by atoms with E-state index in [-0.39, 0.29) is 17.3 Å². The van der Waals surface area contributed by atoms with Gasteiger partial charge in [0.1, 0.15) is 0 Å². The van der Waals surface area contributed by atoms with E-state index in [9.17, 15) is 18.0 Å². The molecule has 0 aliphatic heterocycles. The molecular formula is C14H17F3N2O. The van der Waals surface area contributed by atoms with Crippen molar-refractivity contribution in [3.05, 3.63) is 23.8 Å². The lowest BCUT2D eigenvalue weighted by molar-refractivity contribution is -0.137. The van der Waals surface area contributed by atoms with Crippen molar-refractivity contribution >= 4 is 17.3 Å². The van der Waals surface area contributed by atoms with Gasteiger partial charge in [-0.1, -0.05) is 12.8 Å². The number of carbonyl (C=O) groups excluding carboxylic acids is 1. The maximum Gasteiger partial charge on any atom is 0.416 e. The molecule has 0 bridgehead atoms. The van der Waals surface area contributed by atoms with Crippen LogP contribution in [-0.2, 0) is 11.0 Å². The summed E-state index contributed by atoms with van der Waals surface area (Å²) in [5.74, 6) is 0.189. The number of nitrogens with one attached hydrogen (secondary N) is 1. The van der Waals surface area contributed by atoms with Crippen molar-refractivity contribution in [1.82, 2.24) is 0 Å². The summed E-state index contributed by atoms with van der Waals surface area (Å²) >= 11 is 0. The first kappa shape index (κ1) is 14.7. The summed E-state index contributed by atoms with van der Waals surface area (Å²) in [5.41, 5.74) is 4.91. The first-order valence-corrected chi connectivity index (χ1v) is 6.63. The molecule has 6 heteroatoms. The van der Waals surface area contributed by atoms with Crippen LogP contribution >= 0.6 is 0 Å². The molecule has 0 heterocycles. The van der Waals surface area contributed by atoms with E-state index in [0.717, 1.165) is 37.8 Å². The monoisotopic (exact) mass is 286 g/mol. The number of amides is 1. The highest BCUT2D eigenvalue weighted by atomic mass is 19.4. The third kappa shape index (κ3) is 3.65. The Kier molecular flexibility index (Phi) is 4.20. The fraction of sp³-hybridized carbons (Fsp3) is 0.500. The van der Waals surface area contributed by atoms with Crippen molar-refractivity contribution in [2.75, 3.05) is 11.1 Å². The van der Waals surface area contributed by atoms with E-state index in [0.29, 0.717) is 12.3 Å². The minimum absolute atomic E-state index is 0.0698. The Hall–Kier alpha value is -1.72. The average molecular weight is 286 g/mol. The summed E-state index contributed by atoms with van der Waals surface area (Å²) in [6.07, 6.45) is 0.327. The van der Waals surface area contributed by atoms with Gasteiger partial charge in [0.05, 0.1) is 16.9 Å².